The van der Waals surface area contributed by atoms with E-state index in [9.17, 15) is 4.21 Å². The van der Waals surface area contributed by atoms with E-state index in [1.54, 1.807) is 0 Å². The Morgan fingerprint density at radius 3 is 2.64 bits per heavy atom. The van der Waals surface area contributed by atoms with Gasteiger partial charge in [0.1, 0.15) is 4.21 Å². The van der Waals surface area contributed by atoms with Crippen LogP contribution in [0.15, 0.2) is 4.21 Å². The summed E-state index contributed by atoms with van der Waals surface area (Å²) in [7, 11) is -2.30. The number of rotatable bonds is 3. The van der Waals surface area contributed by atoms with Crippen LogP contribution in [0.4, 0.5) is 0 Å². The lowest BCUT2D eigenvalue weighted by Crippen LogP contribution is -2.25. The van der Waals surface area contributed by atoms with Gasteiger partial charge >= 0.3 is 0 Å². The highest BCUT2D eigenvalue weighted by Crippen LogP contribution is 2.26. The van der Waals surface area contributed by atoms with Crippen LogP contribution in [0.25, 0.3) is 0 Å². The zero-order valence-corrected chi connectivity index (χ0v) is 10.0. The van der Waals surface area contributed by atoms with Gasteiger partial charge in [-0.25, -0.2) is 13.9 Å². The summed E-state index contributed by atoms with van der Waals surface area (Å²) in [5.41, 5.74) is 0.848. The van der Waals surface area contributed by atoms with Crippen LogP contribution < -0.4 is 4.72 Å². The quantitative estimate of drug-likeness (QED) is 0.800. The van der Waals surface area contributed by atoms with E-state index < -0.39 is 9.71 Å². The number of nitrogens with zero attached hydrogens (tertiary/aromatic N) is 1. The smallest absolute Gasteiger partial charge is 0.120 e. The third-order valence-electron chi connectivity index (χ3n) is 2.09. The molecule has 0 saturated heterocycles. The second-order valence-corrected chi connectivity index (χ2v) is 7.13. The fraction of sp³-hybridized carbons (Fsp3) is 0.556. The molecule has 3 nitrogen and oxygen atoms in total. The molecule has 0 amide bonds. The van der Waals surface area contributed by atoms with Crippen molar-refractivity contribution in [3.8, 4) is 0 Å². The Hall–Kier alpha value is -0.390. The molecule has 1 saturated carbocycles. The highest BCUT2D eigenvalue weighted by Gasteiger charge is 2.26. The third kappa shape index (κ3) is 1.99. The Balaban J connectivity index is 2.32. The molecule has 1 fully saturated rings. The second-order valence-electron chi connectivity index (χ2n) is 3.67. The summed E-state index contributed by atoms with van der Waals surface area (Å²) >= 11 is 1.48. The van der Waals surface area contributed by atoms with Gasteiger partial charge in [-0.2, -0.15) is 0 Å². The molecular formula is C9H14N2OS2. The fourth-order valence-electron chi connectivity index (χ4n) is 1.34. The van der Waals surface area contributed by atoms with Crippen LogP contribution in [0.1, 0.15) is 23.5 Å². The summed E-state index contributed by atoms with van der Waals surface area (Å²) in [6.45, 7) is 3.81. The molecule has 1 heterocycles. The van der Waals surface area contributed by atoms with Gasteiger partial charge in [0.25, 0.3) is 0 Å². The van der Waals surface area contributed by atoms with Gasteiger partial charge < -0.3 is 0 Å². The number of thiazole rings is 1. The Bertz CT molecular complexity index is 443. The molecule has 0 radical (unpaired) electrons. The van der Waals surface area contributed by atoms with Crippen molar-refractivity contribution < 1.29 is 4.21 Å². The minimum atomic E-state index is -2.30. The van der Waals surface area contributed by atoms with E-state index >= 15 is 0 Å². The Labute approximate surface area is 88.7 Å². The first-order valence-electron chi connectivity index (χ1n) is 4.57. The molecule has 0 aromatic carbocycles. The molecule has 0 bridgehead atoms. The van der Waals surface area contributed by atoms with E-state index in [-0.39, 0.29) is 0 Å². The van der Waals surface area contributed by atoms with Crippen LogP contribution in [-0.2, 0) is 9.71 Å². The van der Waals surface area contributed by atoms with Crippen molar-refractivity contribution in [1.29, 1.82) is 0 Å². The van der Waals surface area contributed by atoms with E-state index in [0.717, 1.165) is 27.8 Å². The average Bonchev–Trinajstić information content (AvgIpc) is 2.76. The van der Waals surface area contributed by atoms with E-state index in [0.29, 0.717) is 6.04 Å². The lowest BCUT2D eigenvalue weighted by molar-refractivity contribution is 0.670. The maximum absolute atomic E-state index is 12.2. The summed E-state index contributed by atoms with van der Waals surface area (Å²) < 4.78 is 16.1. The first-order chi connectivity index (χ1) is 6.49. The van der Waals surface area contributed by atoms with Crippen LogP contribution in [0.2, 0.25) is 0 Å². The monoisotopic (exact) mass is 230 g/mol. The summed E-state index contributed by atoms with van der Waals surface area (Å²) in [6, 6.07) is 0.404. The lowest BCUT2D eigenvalue weighted by Gasteiger charge is -2.08. The number of aryl methyl sites for hydroxylation is 2. The van der Waals surface area contributed by atoms with Gasteiger partial charge in [-0.1, -0.05) is 0 Å². The number of aromatic nitrogens is 1. The first kappa shape index (κ1) is 10.1. The van der Waals surface area contributed by atoms with Crippen LogP contribution in [-0.4, -0.2) is 21.1 Å². The van der Waals surface area contributed by atoms with E-state index in [4.69, 9.17) is 0 Å². The molecule has 1 aromatic rings. The van der Waals surface area contributed by atoms with Crippen molar-refractivity contribution >= 4 is 26.9 Å². The normalized spacial score (nSPS) is 20.7. The highest BCUT2D eigenvalue weighted by molar-refractivity contribution is 8.00. The third-order valence-corrected chi connectivity index (χ3v) is 5.63. The predicted molar refractivity (Wildman–Crippen MR) is 61.3 cm³/mol. The largest absolute Gasteiger partial charge is 0.247 e. The summed E-state index contributed by atoms with van der Waals surface area (Å²) in [5, 5.41) is 0.950. The molecule has 1 atom stereocenters. The molecule has 2 rings (SSSR count). The second kappa shape index (κ2) is 3.32. The molecule has 1 aromatic heterocycles. The Morgan fingerprint density at radius 2 is 2.21 bits per heavy atom. The summed E-state index contributed by atoms with van der Waals surface area (Å²) in [5.74, 6) is 3.78. The van der Waals surface area contributed by atoms with Crippen molar-refractivity contribution in [2.75, 3.05) is 0 Å². The van der Waals surface area contributed by atoms with E-state index in [2.05, 4.69) is 15.6 Å². The maximum Gasteiger partial charge on any atom is 0.120 e. The minimum Gasteiger partial charge on any atom is -0.247 e. The molecule has 1 unspecified atom stereocenters. The number of hydrogen-bond donors (Lipinski definition) is 1. The van der Waals surface area contributed by atoms with E-state index in [1.165, 1.54) is 11.3 Å². The zero-order valence-electron chi connectivity index (χ0n) is 8.37. The maximum atomic E-state index is 12.2. The molecule has 1 N–H and O–H groups in total. The van der Waals surface area contributed by atoms with Crippen LogP contribution in [0.3, 0.4) is 0 Å². The van der Waals surface area contributed by atoms with Gasteiger partial charge in [0, 0.05) is 6.04 Å². The Morgan fingerprint density at radius 1 is 1.57 bits per heavy atom. The van der Waals surface area contributed by atoms with Crippen molar-refractivity contribution in [2.24, 2.45) is 0 Å². The molecule has 0 aliphatic heterocycles. The molecule has 1 aliphatic carbocycles. The van der Waals surface area contributed by atoms with Crippen LogP contribution >= 0.6 is 11.3 Å². The van der Waals surface area contributed by atoms with Crippen molar-refractivity contribution in [2.45, 2.75) is 36.9 Å². The molecule has 78 valence electrons. The molecule has 0 spiro atoms. The van der Waals surface area contributed by atoms with Gasteiger partial charge in [0.05, 0.1) is 20.4 Å². The standard InChI is InChI=1S/C9H14N2OS2/c1-6-9(13-7(2)10-6)14(3,12)11-8-4-5-8/h8H,3-5H2,1-2H3,(H,11,12). The lowest BCUT2D eigenvalue weighted by atomic mass is 10.6. The SMILES string of the molecule is C=S(=O)(NC1CC1)c1sc(C)nc1C. The summed E-state index contributed by atoms with van der Waals surface area (Å²) in [6.07, 6.45) is 2.23. The van der Waals surface area contributed by atoms with Gasteiger partial charge in [-0.15, -0.1) is 11.3 Å². The minimum absolute atomic E-state index is 0.404. The summed E-state index contributed by atoms with van der Waals surface area (Å²) in [4.78, 5) is 4.26. The van der Waals surface area contributed by atoms with Gasteiger partial charge in [0.15, 0.2) is 0 Å². The molecular weight excluding hydrogens is 216 g/mol. The van der Waals surface area contributed by atoms with Crippen molar-refractivity contribution in [3.05, 3.63) is 10.7 Å². The number of hydrogen-bond acceptors (Lipinski definition) is 3. The average molecular weight is 230 g/mol. The highest BCUT2D eigenvalue weighted by atomic mass is 32.2. The first-order valence-corrected chi connectivity index (χ1v) is 7.12. The molecule has 5 heteroatoms. The van der Waals surface area contributed by atoms with Gasteiger partial charge in [-0.05, 0) is 32.6 Å². The fourth-order valence-corrected chi connectivity index (χ4v) is 4.44. The zero-order chi connectivity index (χ0) is 10.3. The van der Waals surface area contributed by atoms with Gasteiger partial charge in [-0.3, -0.25) is 0 Å². The van der Waals surface area contributed by atoms with Gasteiger partial charge in [0.2, 0.25) is 0 Å². The molecule has 14 heavy (non-hydrogen) atoms. The van der Waals surface area contributed by atoms with Crippen molar-refractivity contribution in [1.82, 2.24) is 9.71 Å². The Kier molecular flexibility index (Phi) is 2.41. The predicted octanol–water partition coefficient (Wildman–Crippen LogP) is 1.50. The van der Waals surface area contributed by atoms with E-state index in [1.807, 2.05) is 13.8 Å². The van der Waals surface area contributed by atoms with Crippen molar-refractivity contribution in [3.63, 3.8) is 0 Å². The number of nitrogens with one attached hydrogen (secondary N) is 1. The molecule has 1 aliphatic rings. The van der Waals surface area contributed by atoms with Crippen LogP contribution in [0, 0.1) is 13.8 Å². The van der Waals surface area contributed by atoms with Crippen LogP contribution in [0.5, 0.6) is 0 Å². The topological polar surface area (TPSA) is 42.0 Å².